The molecule has 3 rings (SSSR count). The fourth-order valence-corrected chi connectivity index (χ4v) is 4.95. The Balaban J connectivity index is 1.63. The minimum atomic E-state index is -4.44. The number of hydrazine groups is 1. The van der Waals surface area contributed by atoms with Crippen LogP contribution < -0.4 is 21.5 Å². The van der Waals surface area contributed by atoms with Crippen LogP contribution in [0, 0.1) is 17.8 Å². The summed E-state index contributed by atoms with van der Waals surface area (Å²) in [6.07, 6.45) is -6.10. The molecule has 1 aliphatic heterocycles. The van der Waals surface area contributed by atoms with Crippen molar-refractivity contribution in [3.8, 4) is 0 Å². The summed E-state index contributed by atoms with van der Waals surface area (Å²) in [6, 6.07) is -1.75. The molecule has 0 bridgehead atoms. The second-order valence-corrected chi connectivity index (χ2v) is 9.40. The summed E-state index contributed by atoms with van der Waals surface area (Å²) < 4.78 is 83.3. The number of amides is 1. The molecule has 4 atom stereocenters. The van der Waals surface area contributed by atoms with Crippen LogP contribution >= 0.6 is 0 Å². The number of carbonyl (C=O) groups excluding carboxylic acids is 1. The number of halogens is 6. The first-order chi connectivity index (χ1) is 16.0. The molecule has 4 unspecified atom stereocenters. The van der Waals surface area contributed by atoms with E-state index in [2.05, 4.69) is 26.5 Å². The van der Waals surface area contributed by atoms with Gasteiger partial charge in [0.05, 0.1) is 18.2 Å². The van der Waals surface area contributed by atoms with Crippen molar-refractivity contribution in [1.29, 1.82) is 0 Å². The van der Waals surface area contributed by atoms with Gasteiger partial charge in [0, 0.05) is 31.9 Å². The molecule has 34 heavy (non-hydrogen) atoms. The highest BCUT2D eigenvalue weighted by Gasteiger charge is 2.45. The summed E-state index contributed by atoms with van der Waals surface area (Å²) in [7, 11) is 1.62. The Hall–Kier alpha value is -1.60. The van der Waals surface area contributed by atoms with Crippen LogP contribution in [0.5, 0.6) is 0 Å². The smallest absolute Gasteiger partial charge is 0.381 e. The molecule has 1 heterocycles. The molecule has 0 aromatic rings. The number of nitrogens with one attached hydrogen (secondary N) is 4. The number of guanidine groups is 1. The molecule has 4 N–H and O–H groups in total. The second-order valence-electron chi connectivity index (χ2n) is 9.40. The molecule has 7 nitrogen and oxygen atoms in total. The van der Waals surface area contributed by atoms with Crippen LogP contribution in [-0.2, 0) is 9.53 Å². The van der Waals surface area contributed by atoms with Gasteiger partial charge in [0.2, 0.25) is 5.91 Å². The van der Waals surface area contributed by atoms with Crippen LogP contribution in [0.25, 0.3) is 0 Å². The predicted molar refractivity (Wildman–Crippen MR) is 112 cm³/mol. The SMILES string of the molecule is COC1CCCCC1CN=C(NC(=O)C1CCC(C(F)(F)F)CC1)NC1CC(C(F)(F)F)NN1. The van der Waals surface area contributed by atoms with Gasteiger partial charge in [0.15, 0.2) is 5.96 Å². The summed E-state index contributed by atoms with van der Waals surface area (Å²) >= 11 is 0. The van der Waals surface area contributed by atoms with Crippen molar-refractivity contribution in [2.24, 2.45) is 22.7 Å². The summed E-state index contributed by atoms with van der Waals surface area (Å²) in [4.78, 5) is 17.2. The molecule has 3 fully saturated rings. The maximum atomic E-state index is 13.0. The van der Waals surface area contributed by atoms with E-state index in [0.29, 0.717) is 6.54 Å². The molecule has 0 aromatic heterocycles. The Morgan fingerprint density at radius 2 is 1.65 bits per heavy atom. The van der Waals surface area contributed by atoms with Crippen LogP contribution in [0.4, 0.5) is 26.3 Å². The molecule has 0 aromatic carbocycles. The first-order valence-corrected chi connectivity index (χ1v) is 11.8. The van der Waals surface area contributed by atoms with Crippen molar-refractivity contribution in [3.05, 3.63) is 0 Å². The topological polar surface area (TPSA) is 86.8 Å². The number of hydrogen-bond donors (Lipinski definition) is 4. The van der Waals surface area contributed by atoms with Gasteiger partial charge in [-0.15, -0.1) is 0 Å². The van der Waals surface area contributed by atoms with E-state index in [-0.39, 0.29) is 50.1 Å². The van der Waals surface area contributed by atoms with Crippen molar-refractivity contribution >= 4 is 11.9 Å². The number of nitrogens with zero attached hydrogens (tertiary/aromatic N) is 1. The zero-order valence-corrected chi connectivity index (χ0v) is 19.1. The summed E-state index contributed by atoms with van der Waals surface area (Å²) in [5.41, 5.74) is 4.69. The number of alkyl halides is 6. The number of rotatable bonds is 5. The molecule has 2 aliphatic carbocycles. The number of methoxy groups -OCH3 is 1. The third-order valence-electron chi connectivity index (χ3n) is 7.04. The van der Waals surface area contributed by atoms with E-state index < -0.39 is 42.3 Å². The van der Waals surface area contributed by atoms with Gasteiger partial charge in [-0.05, 0) is 38.5 Å². The highest BCUT2D eigenvalue weighted by atomic mass is 19.4. The average molecular weight is 502 g/mol. The zero-order valence-electron chi connectivity index (χ0n) is 19.1. The Kier molecular flexibility index (Phi) is 9.07. The van der Waals surface area contributed by atoms with Crippen LogP contribution in [0.15, 0.2) is 4.99 Å². The third kappa shape index (κ3) is 7.45. The largest absolute Gasteiger partial charge is 0.405 e. The lowest BCUT2D eigenvalue weighted by Gasteiger charge is -2.30. The number of hydrogen-bond acceptors (Lipinski definition) is 5. The van der Waals surface area contributed by atoms with E-state index in [9.17, 15) is 31.1 Å². The van der Waals surface area contributed by atoms with Crippen molar-refractivity contribution in [1.82, 2.24) is 21.5 Å². The van der Waals surface area contributed by atoms with Gasteiger partial charge in [-0.2, -0.15) is 26.3 Å². The molecule has 1 amide bonds. The normalized spacial score (nSPS) is 33.6. The highest BCUT2D eigenvalue weighted by Crippen LogP contribution is 2.39. The first kappa shape index (κ1) is 27.0. The van der Waals surface area contributed by atoms with Crippen molar-refractivity contribution in [2.75, 3.05) is 13.7 Å². The molecule has 2 saturated carbocycles. The molecule has 196 valence electrons. The van der Waals surface area contributed by atoms with Crippen molar-refractivity contribution in [2.45, 2.75) is 88.5 Å². The van der Waals surface area contributed by atoms with E-state index >= 15 is 0 Å². The fourth-order valence-electron chi connectivity index (χ4n) is 4.95. The van der Waals surface area contributed by atoms with Gasteiger partial charge >= 0.3 is 12.4 Å². The summed E-state index contributed by atoms with van der Waals surface area (Å²) in [6.45, 7) is 0.310. The predicted octanol–water partition coefficient (Wildman–Crippen LogP) is 3.38. The second kappa shape index (κ2) is 11.4. The van der Waals surface area contributed by atoms with E-state index in [0.717, 1.165) is 25.7 Å². The Morgan fingerprint density at radius 3 is 2.24 bits per heavy atom. The van der Waals surface area contributed by atoms with Crippen LogP contribution in [0.1, 0.15) is 57.8 Å². The molecular formula is C21H33F6N5O2. The Labute approximate surface area is 194 Å². The summed E-state index contributed by atoms with van der Waals surface area (Å²) in [5.74, 6) is -2.37. The lowest BCUT2D eigenvalue weighted by Crippen LogP contribution is -2.52. The quantitative estimate of drug-likeness (QED) is 0.264. The monoisotopic (exact) mass is 501 g/mol. The van der Waals surface area contributed by atoms with Crippen LogP contribution in [-0.4, -0.2) is 56.2 Å². The number of aliphatic imine (C=N–C) groups is 1. The van der Waals surface area contributed by atoms with E-state index in [1.165, 1.54) is 0 Å². The van der Waals surface area contributed by atoms with Gasteiger partial charge < -0.3 is 10.1 Å². The Bertz CT molecular complexity index is 709. The molecule has 3 aliphatic rings. The zero-order chi connectivity index (χ0) is 24.9. The molecule has 1 saturated heterocycles. The van der Waals surface area contributed by atoms with E-state index in [1.807, 2.05) is 0 Å². The third-order valence-corrected chi connectivity index (χ3v) is 7.04. The van der Waals surface area contributed by atoms with E-state index in [4.69, 9.17) is 4.74 Å². The van der Waals surface area contributed by atoms with Crippen molar-refractivity contribution < 1.29 is 35.9 Å². The standard InChI is InChI=1S/C21H33F6N5O2/c1-34-15-5-3-2-4-13(15)11-28-19(29-17-10-16(31-32-17)21(25,26)27)30-18(33)12-6-8-14(9-7-12)20(22,23)24/h12-17,31-32H,2-11H2,1H3,(H2,28,29,30,33). The van der Waals surface area contributed by atoms with Gasteiger partial charge in [0.25, 0.3) is 0 Å². The van der Waals surface area contributed by atoms with Gasteiger partial charge in [-0.3, -0.25) is 15.1 Å². The van der Waals surface area contributed by atoms with Gasteiger partial charge in [0.1, 0.15) is 6.04 Å². The van der Waals surface area contributed by atoms with E-state index in [1.54, 1.807) is 7.11 Å². The lowest BCUT2D eigenvalue weighted by molar-refractivity contribution is -0.184. The fraction of sp³-hybridized carbons (Fsp3) is 0.905. The Morgan fingerprint density at radius 1 is 0.971 bits per heavy atom. The summed E-state index contributed by atoms with van der Waals surface area (Å²) in [5, 5.41) is 5.44. The minimum absolute atomic E-state index is 0.00739. The number of carbonyl (C=O) groups is 1. The first-order valence-electron chi connectivity index (χ1n) is 11.8. The molecule has 13 heteroatoms. The average Bonchev–Trinajstić information content (AvgIpc) is 3.26. The molecular weight excluding hydrogens is 468 g/mol. The molecule has 0 spiro atoms. The number of ether oxygens (including phenoxy) is 1. The van der Waals surface area contributed by atoms with Gasteiger partial charge in [-0.25, -0.2) is 10.9 Å². The van der Waals surface area contributed by atoms with Crippen molar-refractivity contribution in [3.63, 3.8) is 0 Å². The maximum absolute atomic E-state index is 13.0. The highest BCUT2D eigenvalue weighted by molar-refractivity contribution is 5.98. The molecule has 0 radical (unpaired) electrons. The van der Waals surface area contributed by atoms with Gasteiger partial charge in [-0.1, -0.05) is 12.8 Å². The maximum Gasteiger partial charge on any atom is 0.405 e. The minimum Gasteiger partial charge on any atom is -0.381 e. The lowest BCUT2D eigenvalue weighted by atomic mass is 9.81. The van der Waals surface area contributed by atoms with Crippen LogP contribution in [0.2, 0.25) is 0 Å². The van der Waals surface area contributed by atoms with Crippen LogP contribution in [0.3, 0.4) is 0 Å².